The average molecular weight is 331 g/mol. The topological polar surface area (TPSA) is 76.3 Å². The molecule has 2 aromatic rings. The molecule has 1 aliphatic heterocycles. The van der Waals surface area contributed by atoms with E-state index in [2.05, 4.69) is 25.8 Å². The Balaban J connectivity index is 1.93. The van der Waals surface area contributed by atoms with Gasteiger partial charge in [-0.2, -0.15) is 0 Å². The zero-order valence-corrected chi connectivity index (χ0v) is 14.0. The van der Waals surface area contributed by atoms with Crippen molar-refractivity contribution in [2.24, 2.45) is 0 Å². The number of rotatable bonds is 2. The number of hydrogen-bond donors (Lipinski definition) is 0. The number of anilines is 1. The molecule has 1 aromatic carbocycles. The van der Waals surface area contributed by atoms with E-state index in [1.807, 2.05) is 0 Å². The Hall–Kier alpha value is -2.28. The molecule has 0 spiro atoms. The first-order chi connectivity index (χ1) is 10.8. The zero-order chi connectivity index (χ0) is 16.8. The minimum Gasteiger partial charge on any atom is -0.307 e. The number of fused-ring (bicyclic) bond motifs is 1. The lowest BCUT2D eigenvalue weighted by atomic mass is 9.98. The van der Waals surface area contributed by atoms with Crippen molar-refractivity contribution in [2.75, 3.05) is 11.4 Å². The fourth-order valence-electron chi connectivity index (χ4n) is 2.54. The molecule has 0 fully saturated rings. The molecule has 0 saturated heterocycles. The second-order valence-electron chi connectivity index (χ2n) is 6.56. The van der Waals surface area contributed by atoms with Crippen molar-refractivity contribution >= 4 is 28.6 Å². The van der Waals surface area contributed by atoms with E-state index in [0.717, 1.165) is 10.6 Å². The van der Waals surface area contributed by atoms with Gasteiger partial charge in [0.15, 0.2) is 0 Å². The molecule has 1 amide bonds. The van der Waals surface area contributed by atoms with Gasteiger partial charge < -0.3 is 4.90 Å². The number of carbonyl (C=O) groups is 1. The summed E-state index contributed by atoms with van der Waals surface area (Å²) >= 11 is 1.38. The summed E-state index contributed by atoms with van der Waals surface area (Å²) in [5.41, 5.74) is 1.49. The summed E-state index contributed by atoms with van der Waals surface area (Å²) in [7, 11) is 0. The number of aromatic nitrogens is 1. The summed E-state index contributed by atoms with van der Waals surface area (Å²) < 4.78 is 0. The fraction of sp³-hybridized carbons (Fsp3) is 0.375. The summed E-state index contributed by atoms with van der Waals surface area (Å²) in [5, 5.41) is 11.9. The van der Waals surface area contributed by atoms with Gasteiger partial charge in [-0.1, -0.05) is 26.8 Å². The molecule has 6 nitrogen and oxygen atoms in total. The van der Waals surface area contributed by atoms with E-state index < -0.39 is 4.92 Å². The van der Waals surface area contributed by atoms with E-state index in [9.17, 15) is 14.9 Å². The first-order valence-corrected chi connectivity index (χ1v) is 8.14. The molecule has 1 aromatic heterocycles. The normalized spacial score (nSPS) is 14.0. The van der Waals surface area contributed by atoms with Crippen molar-refractivity contribution < 1.29 is 9.72 Å². The quantitative estimate of drug-likeness (QED) is 0.623. The summed E-state index contributed by atoms with van der Waals surface area (Å²) in [6, 6.07) is 4.69. The fourth-order valence-corrected chi connectivity index (χ4v) is 3.47. The predicted molar refractivity (Wildman–Crippen MR) is 89.3 cm³/mol. The van der Waals surface area contributed by atoms with Gasteiger partial charge >= 0.3 is 0 Å². The molecule has 0 saturated carbocycles. The van der Waals surface area contributed by atoms with Gasteiger partial charge in [-0.25, -0.2) is 4.98 Å². The van der Waals surface area contributed by atoms with Gasteiger partial charge in [0.1, 0.15) is 4.88 Å². The molecule has 2 heterocycles. The molecule has 120 valence electrons. The van der Waals surface area contributed by atoms with Crippen molar-refractivity contribution in [3.05, 3.63) is 50.0 Å². The van der Waals surface area contributed by atoms with Crippen LogP contribution in [-0.4, -0.2) is 22.4 Å². The van der Waals surface area contributed by atoms with E-state index in [1.165, 1.54) is 23.5 Å². The van der Waals surface area contributed by atoms with E-state index in [0.29, 0.717) is 23.5 Å². The van der Waals surface area contributed by atoms with Gasteiger partial charge in [0.2, 0.25) is 0 Å². The highest BCUT2D eigenvalue weighted by Crippen LogP contribution is 2.34. The van der Waals surface area contributed by atoms with Crippen LogP contribution in [0.2, 0.25) is 0 Å². The molecule has 3 rings (SSSR count). The molecule has 0 radical (unpaired) electrons. The molecule has 23 heavy (non-hydrogen) atoms. The van der Waals surface area contributed by atoms with Crippen LogP contribution in [0.3, 0.4) is 0 Å². The summed E-state index contributed by atoms with van der Waals surface area (Å²) in [6.45, 7) is 6.69. The number of nitro groups is 1. The molecular weight excluding hydrogens is 314 g/mol. The Labute approximate surface area is 137 Å². The zero-order valence-electron chi connectivity index (χ0n) is 13.2. The number of benzene rings is 1. The largest absolute Gasteiger partial charge is 0.307 e. The SMILES string of the molecule is CC(C)(C)c1ncc(C(=O)N2CCc3ccc([N+](=O)[O-])cc32)s1. The smallest absolute Gasteiger partial charge is 0.271 e. The van der Waals surface area contributed by atoms with Crippen molar-refractivity contribution in [2.45, 2.75) is 32.6 Å². The van der Waals surface area contributed by atoms with Crippen LogP contribution in [-0.2, 0) is 11.8 Å². The maximum absolute atomic E-state index is 12.8. The lowest BCUT2D eigenvalue weighted by Crippen LogP contribution is -2.28. The van der Waals surface area contributed by atoms with Crippen LogP contribution in [0, 0.1) is 10.1 Å². The third-order valence-electron chi connectivity index (χ3n) is 3.78. The standard InChI is InChI=1S/C16H17N3O3S/c1-16(2,3)15-17-9-13(23-15)14(20)18-7-6-10-4-5-11(19(21)22)8-12(10)18/h4-5,8-9H,6-7H2,1-3H3. The first-order valence-electron chi connectivity index (χ1n) is 7.33. The van der Waals surface area contributed by atoms with Crippen LogP contribution in [0.4, 0.5) is 11.4 Å². The number of amides is 1. The lowest BCUT2D eigenvalue weighted by Gasteiger charge is -2.16. The summed E-state index contributed by atoms with van der Waals surface area (Å²) in [6.07, 6.45) is 2.31. The second kappa shape index (κ2) is 5.42. The van der Waals surface area contributed by atoms with Gasteiger partial charge in [-0.05, 0) is 12.0 Å². The number of hydrogen-bond acceptors (Lipinski definition) is 5. The number of nitro benzene ring substituents is 1. The van der Waals surface area contributed by atoms with Gasteiger partial charge in [-0.3, -0.25) is 14.9 Å². The highest BCUT2D eigenvalue weighted by molar-refractivity contribution is 7.13. The van der Waals surface area contributed by atoms with Crippen LogP contribution in [0.25, 0.3) is 0 Å². The third-order valence-corrected chi connectivity index (χ3v) is 5.19. The molecule has 0 aliphatic carbocycles. The van der Waals surface area contributed by atoms with Gasteiger partial charge in [-0.15, -0.1) is 11.3 Å². The van der Waals surface area contributed by atoms with Crippen LogP contribution in [0.15, 0.2) is 24.4 Å². The Morgan fingerprint density at radius 2 is 2.13 bits per heavy atom. The average Bonchev–Trinajstić information content (AvgIpc) is 3.12. The molecule has 0 N–H and O–H groups in total. The van der Waals surface area contributed by atoms with Crippen molar-refractivity contribution in [1.82, 2.24) is 4.98 Å². The Kier molecular flexibility index (Phi) is 3.68. The Bertz CT molecular complexity index is 792. The first kappa shape index (κ1) is 15.6. The molecular formula is C16H17N3O3S. The molecule has 1 aliphatic rings. The molecule has 7 heteroatoms. The Morgan fingerprint density at radius 1 is 1.39 bits per heavy atom. The monoisotopic (exact) mass is 331 g/mol. The van der Waals surface area contributed by atoms with Crippen LogP contribution in [0.1, 0.15) is 41.0 Å². The van der Waals surface area contributed by atoms with E-state index in [4.69, 9.17) is 0 Å². The van der Waals surface area contributed by atoms with E-state index >= 15 is 0 Å². The summed E-state index contributed by atoms with van der Waals surface area (Å²) in [4.78, 5) is 29.8. The van der Waals surface area contributed by atoms with Gasteiger partial charge in [0.25, 0.3) is 11.6 Å². The van der Waals surface area contributed by atoms with Crippen molar-refractivity contribution in [3.8, 4) is 0 Å². The lowest BCUT2D eigenvalue weighted by molar-refractivity contribution is -0.384. The number of nitrogens with zero attached hydrogens (tertiary/aromatic N) is 3. The number of non-ortho nitro benzene ring substituents is 1. The van der Waals surface area contributed by atoms with Gasteiger partial charge in [0, 0.05) is 24.1 Å². The minimum absolute atomic E-state index is 0.00290. The van der Waals surface area contributed by atoms with Crippen LogP contribution in [0.5, 0.6) is 0 Å². The Morgan fingerprint density at radius 3 is 2.74 bits per heavy atom. The van der Waals surface area contributed by atoms with Crippen molar-refractivity contribution in [3.63, 3.8) is 0 Å². The number of thiazole rings is 1. The van der Waals surface area contributed by atoms with Gasteiger partial charge in [0.05, 0.1) is 21.8 Å². The minimum atomic E-state index is -0.439. The second-order valence-corrected chi connectivity index (χ2v) is 7.59. The summed E-state index contributed by atoms with van der Waals surface area (Å²) in [5.74, 6) is -0.141. The highest BCUT2D eigenvalue weighted by Gasteiger charge is 2.29. The van der Waals surface area contributed by atoms with Crippen LogP contribution >= 0.6 is 11.3 Å². The van der Waals surface area contributed by atoms with Crippen molar-refractivity contribution in [1.29, 1.82) is 0 Å². The third kappa shape index (κ3) is 2.84. The maximum Gasteiger partial charge on any atom is 0.271 e. The van der Waals surface area contributed by atoms with E-state index in [1.54, 1.807) is 17.2 Å². The molecule has 0 unspecified atom stereocenters. The maximum atomic E-state index is 12.8. The highest BCUT2D eigenvalue weighted by atomic mass is 32.1. The van der Waals surface area contributed by atoms with E-state index in [-0.39, 0.29) is 17.0 Å². The molecule has 0 bridgehead atoms. The van der Waals surface area contributed by atoms with Crippen LogP contribution < -0.4 is 4.90 Å². The molecule has 0 atom stereocenters. The number of carbonyl (C=O) groups excluding carboxylic acids is 1. The predicted octanol–water partition coefficient (Wildman–Crippen LogP) is 3.55.